The van der Waals surface area contributed by atoms with Crippen LogP contribution in [0.3, 0.4) is 0 Å². The summed E-state index contributed by atoms with van der Waals surface area (Å²) in [6.45, 7) is 4.05. The number of hydrogen-bond acceptors (Lipinski definition) is 13. The number of carbonyl (C=O) groups is 6. The molecule has 344 valence electrons. The van der Waals surface area contributed by atoms with Gasteiger partial charge in [0, 0.05) is 51.3 Å². The van der Waals surface area contributed by atoms with Crippen molar-refractivity contribution in [1.29, 1.82) is 0 Å². The molecule has 1 aliphatic carbocycles. The molecule has 6 amide bonds. The topological polar surface area (TPSA) is 190 Å². The van der Waals surface area contributed by atoms with Gasteiger partial charge in [0.2, 0.25) is 17.8 Å². The van der Waals surface area contributed by atoms with E-state index in [1.165, 1.54) is 20.4 Å². The van der Waals surface area contributed by atoms with E-state index in [1.54, 1.807) is 35.2 Å². The highest BCUT2D eigenvalue weighted by molar-refractivity contribution is 6.25. The number of rotatable bonds is 11. The van der Waals surface area contributed by atoms with Crippen molar-refractivity contribution in [3.63, 3.8) is 0 Å². The first kappa shape index (κ1) is 44.0. The van der Waals surface area contributed by atoms with Gasteiger partial charge < -0.3 is 35.0 Å². The molecule has 9 rings (SSSR count). The van der Waals surface area contributed by atoms with Gasteiger partial charge in [-0.05, 0) is 100 Å². The average Bonchev–Trinajstić information content (AvgIpc) is 3.92. The van der Waals surface area contributed by atoms with E-state index >= 15 is 8.78 Å². The van der Waals surface area contributed by atoms with Gasteiger partial charge in [0.25, 0.3) is 23.6 Å². The summed E-state index contributed by atoms with van der Waals surface area (Å²) in [5.74, 6) is -5.57. The molecule has 5 aliphatic heterocycles. The summed E-state index contributed by atoms with van der Waals surface area (Å²) < 4.78 is 35.7. The molecule has 19 heteroatoms. The monoisotopic (exact) mass is 896 g/mol. The Kier molecular flexibility index (Phi) is 12.2. The van der Waals surface area contributed by atoms with E-state index in [2.05, 4.69) is 35.7 Å². The number of likely N-dealkylation sites (tertiary alicyclic amines) is 1. The summed E-state index contributed by atoms with van der Waals surface area (Å²) in [5, 5.41) is 8.47. The molecule has 2 aromatic carbocycles. The number of nitrogens with one attached hydrogen (secondary N) is 3. The summed E-state index contributed by atoms with van der Waals surface area (Å²) in [5.41, 5.74) is 2.43. The Morgan fingerprint density at radius 1 is 0.908 bits per heavy atom. The van der Waals surface area contributed by atoms with E-state index in [4.69, 9.17) is 4.74 Å². The Balaban J connectivity index is 0.750. The number of ether oxygens (including phenoxy) is 1. The molecule has 3 aromatic rings. The molecular weight excluding hydrogens is 843 g/mol. The Morgan fingerprint density at radius 2 is 1.65 bits per heavy atom. The zero-order valence-corrected chi connectivity index (χ0v) is 36.6. The first-order valence-corrected chi connectivity index (χ1v) is 22.6. The molecule has 1 unspecified atom stereocenters. The number of imide groups is 2. The molecule has 3 saturated heterocycles. The molecule has 6 aliphatic rings. The minimum atomic E-state index is -3.58. The second-order valence-electron chi connectivity index (χ2n) is 18.1. The van der Waals surface area contributed by atoms with Crippen molar-refractivity contribution < 1.29 is 42.3 Å². The van der Waals surface area contributed by atoms with Crippen LogP contribution >= 0.6 is 0 Å². The molecule has 17 nitrogen and oxygen atoms in total. The lowest BCUT2D eigenvalue weighted by atomic mass is 9.92. The predicted octanol–water partition coefficient (Wildman–Crippen LogP) is 4.35. The minimum absolute atomic E-state index is 0.0722. The van der Waals surface area contributed by atoms with Gasteiger partial charge in [-0.15, -0.1) is 0 Å². The third-order valence-corrected chi connectivity index (χ3v) is 14.0. The highest BCUT2D eigenvalue weighted by Crippen LogP contribution is 2.41. The molecule has 6 heterocycles. The van der Waals surface area contributed by atoms with Gasteiger partial charge >= 0.3 is 5.92 Å². The molecule has 0 radical (unpaired) electrons. The van der Waals surface area contributed by atoms with Crippen LogP contribution in [0.2, 0.25) is 0 Å². The van der Waals surface area contributed by atoms with Crippen molar-refractivity contribution in [3.8, 4) is 5.75 Å². The van der Waals surface area contributed by atoms with E-state index < -0.39 is 48.0 Å². The van der Waals surface area contributed by atoms with E-state index in [0.29, 0.717) is 46.6 Å². The number of methoxy groups -OCH3 is 1. The quantitative estimate of drug-likeness (QED) is 0.231. The summed E-state index contributed by atoms with van der Waals surface area (Å²) >= 11 is 0. The molecule has 1 aromatic heterocycles. The number of carbonyl (C=O) groups excluding carboxylic acids is 6. The third-order valence-electron chi connectivity index (χ3n) is 14.0. The molecule has 1 atom stereocenters. The zero-order valence-electron chi connectivity index (χ0n) is 36.6. The second-order valence-corrected chi connectivity index (χ2v) is 18.1. The minimum Gasteiger partial charge on any atom is -0.495 e. The molecule has 4 fully saturated rings. The van der Waals surface area contributed by atoms with E-state index in [0.717, 1.165) is 93.9 Å². The molecular formula is C46H54F2N10O7. The summed E-state index contributed by atoms with van der Waals surface area (Å²) in [6, 6.07) is 9.09. The standard InChI is InChI=1S/C46H54F2N10O7/c1-54-35-24-50-45(53-39(35)57(30-6-3-4-7-30)26-46(47,48)44(54)64)51-32-11-10-29(22-36(32)65-2)40(60)49-23-27-14-18-55(19-15-27)25-28-16-20-56(21-17-28)33-9-5-8-31-38(33)43(63)58(42(31)62)34-12-13-37(59)52-41(34)61/h5,8-11,22,24,27-28,30,34H,3-4,6-7,12-21,23,25-26H2,1-2H3,(H,49,60)(H,50,51,53)(H,52,59,61). The van der Waals surface area contributed by atoms with E-state index in [9.17, 15) is 28.8 Å². The maximum Gasteiger partial charge on any atom is 0.342 e. The number of piperidine rings is 3. The normalized spacial score (nSPS) is 22.2. The van der Waals surface area contributed by atoms with Gasteiger partial charge in [0.15, 0.2) is 5.82 Å². The Morgan fingerprint density at radius 3 is 2.37 bits per heavy atom. The second kappa shape index (κ2) is 18.0. The first-order chi connectivity index (χ1) is 31.3. The highest BCUT2D eigenvalue weighted by Gasteiger charge is 2.49. The number of alkyl halides is 2. The van der Waals surface area contributed by atoms with Gasteiger partial charge in [0.1, 0.15) is 17.5 Å². The lowest BCUT2D eigenvalue weighted by molar-refractivity contribution is -0.140. The SMILES string of the molecule is COc1cc(C(=O)NCC2CCN(CC3CCN(c4cccc5c4C(=O)N(C4CCC(=O)NC4=O)C5=O)CC3)CC2)ccc1Nc1ncc2c(n1)N(C1CCCC1)CC(F)(F)C(=O)N2C. The smallest absolute Gasteiger partial charge is 0.342 e. The molecule has 1 saturated carbocycles. The van der Waals surface area contributed by atoms with Crippen LogP contribution in [0.4, 0.5) is 37.6 Å². The number of benzene rings is 2. The van der Waals surface area contributed by atoms with Crippen molar-refractivity contribution in [1.82, 2.24) is 30.4 Å². The largest absolute Gasteiger partial charge is 0.495 e. The summed E-state index contributed by atoms with van der Waals surface area (Å²) in [4.78, 5) is 94.5. The van der Waals surface area contributed by atoms with Gasteiger partial charge in [-0.1, -0.05) is 18.9 Å². The van der Waals surface area contributed by atoms with Crippen LogP contribution in [0.1, 0.15) is 95.3 Å². The number of hydrogen-bond donors (Lipinski definition) is 3. The van der Waals surface area contributed by atoms with Crippen LogP contribution in [0.5, 0.6) is 5.75 Å². The van der Waals surface area contributed by atoms with Crippen molar-refractivity contribution in [3.05, 3.63) is 59.3 Å². The third kappa shape index (κ3) is 8.69. The van der Waals surface area contributed by atoms with Gasteiger partial charge in [-0.2, -0.15) is 13.8 Å². The fourth-order valence-electron chi connectivity index (χ4n) is 10.4. The Bertz CT molecular complexity index is 2400. The molecule has 0 spiro atoms. The maximum atomic E-state index is 15.1. The van der Waals surface area contributed by atoms with Crippen LogP contribution < -0.4 is 35.4 Å². The number of nitrogens with zero attached hydrogens (tertiary/aromatic N) is 7. The van der Waals surface area contributed by atoms with Crippen LogP contribution in [0.25, 0.3) is 0 Å². The molecule has 0 bridgehead atoms. The molecule has 3 N–H and O–H groups in total. The molecule has 65 heavy (non-hydrogen) atoms. The zero-order chi connectivity index (χ0) is 45.6. The van der Waals surface area contributed by atoms with Crippen LogP contribution in [0.15, 0.2) is 42.6 Å². The van der Waals surface area contributed by atoms with Crippen LogP contribution in [0, 0.1) is 11.8 Å². The van der Waals surface area contributed by atoms with E-state index in [1.807, 2.05) is 6.07 Å². The van der Waals surface area contributed by atoms with Crippen molar-refractivity contribution in [2.24, 2.45) is 11.8 Å². The number of aromatic nitrogens is 2. The highest BCUT2D eigenvalue weighted by atomic mass is 19.3. The van der Waals surface area contributed by atoms with Gasteiger partial charge in [-0.25, -0.2) is 4.98 Å². The van der Waals surface area contributed by atoms with E-state index in [-0.39, 0.29) is 47.8 Å². The number of halogens is 2. The summed E-state index contributed by atoms with van der Waals surface area (Å²) in [6.07, 6.45) is 8.60. The van der Waals surface area contributed by atoms with Crippen molar-refractivity contribution >= 4 is 64.3 Å². The Hall–Kier alpha value is -6.24. The van der Waals surface area contributed by atoms with Gasteiger partial charge in [0.05, 0.1) is 42.4 Å². The van der Waals surface area contributed by atoms with Crippen LogP contribution in [-0.2, 0) is 14.4 Å². The number of amides is 6. The lowest BCUT2D eigenvalue weighted by Gasteiger charge is -2.38. The number of fused-ring (bicyclic) bond motifs is 2. The van der Waals surface area contributed by atoms with Crippen LogP contribution in [-0.4, -0.2) is 133 Å². The first-order valence-electron chi connectivity index (χ1n) is 22.6. The van der Waals surface area contributed by atoms with Crippen molar-refractivity contribution in [2.45, 2.75) is 82.2 Å². The fraction of sp³-hybridized carbons (Fsp3) is 0.522. The number of anilines is 5. The van der Waals surface area contributed by atoms with Crippen molar-refractivity contribution in [2.75, 3.05) is 80.0 Å². The summed E-state index contributed by atoms with van der Waals surface area (Å²) in [7, 11) is 2.80. The average molecular weight is 897 g/mol. The maximum absolute atomic E-state index is 15.1. The predicted molar refractivity (Wildman–Crippen MR) is 236 cm³/mol. The Labute approximate surface area is 375 Å². The van der Waals surface area contributed by atoms with Gasteiger partial charge in [-0.3, -0.25) is 39.0 Å². The lowest BCUT2D eigenvalue weighted by Crippen LogP contribution is -2.54. The fourth-order valence-corrected chi connectivity index (χ4v) is 10.4.